The third-order valence-corrected chi connectivity index (χ3v) is 6.18. The Balaban J connectivity index is 1.54. The number of aromatic nitrogens is 3. The van der Waals surface area contributed by atoms with Gasteiger partial charge in [-0.15, -0.1) is 0 Å². The Kier molecular flexibility index (Phi) is 6.23. The molecule has 3 aromatic rings. The van der Waals surface area contributed by atoms with Crippen molar-refractivity contribution >= 4 is 11.6 Å². The molecule has 0 bridgehead atoms. The van der Waals surface area contributed by atoms with Gasteiger partial charge in [-0.05, 0) is 44.0 Å². The molecule has 1 saturated heterocycles. The number of aryl methyl sites for hydroxylation is 1. The Morgan fingerprint density at radius 3 is 2.33 bits per heavy atom. The fourth-order valence-corrected chi connectivity index (χ4v) is 4.19. The molecule has 1 aliphatic rings. The van der Waals surface area contributed by atoms with Gasteiger partial charge in [-0.25, -0.2) is 9.97 Å². The van der Waals surface area contributed by atoms with Crippen LogP contribution in [0.25, 0.3) is 11.3 Å². The summed E-state index contributed by atoms with van der Waals surface area (Å²) in [4.78, 5) is 26.7. The third-order valence-electron chi connectivity index (χ3n) is 6.18. The lowest BCUT2D eigenvalue weighted by atomic mass is 9.88. The number of rotatable bonds is 4. The van der Waals surface area contributed by atoms with Crippen LogP contribution in [-0.2, 0) is 5.41 Å². The summed E-state index contributed by atoms with van der Waals surface area (Å²) in [6.45, 7) is 9.66. The Hall–Kier alpha value is -3.22. The first kappa shape index (κ1) is 23.0. The minimum atomic E-state index is -0.153. The molecular formula is C26H33N5O2. The predicted molar refractivity (Wildman–Crippen MR) is 130 cm³/mol. The lowest BCUT2D eigenvalue weighted by Crippen LogP contribution is -2.38. The molecule has 1 fully saturated rings. The first-order chi connectivity index (χ1) is 15.6. The molecule has 0 saturated carbocycles. The summed E-state index contributed by atoms with van der Waals surface area (Å²) in [6, 6.07) is 9.72. The van der Waals surface area contributed by atoms with Crippen LogP contribution in [0.1, 0.15) is 67.1 Å². The highest BCUT2D eigenvalue weighted by Crippen LogP contribution is 2.35. The number of benzene rings is 1. The Morgan fingerprint density at radius 1 is 1.12 bits per heavy atom. The molecule has 4 rings (SSSR count). The summed E-state index contributed by atoms with van der Waals surface area (Å²) in [7, 11) is 3.99. The number of carbonyl (C=O) groups excluding carboxylic acids is 1. The van der Waals surface area contributed by atoms with Crippen LogP contribution in [0.2, 0.25) is 0 Å². The van der Waals surface area contributed by atoms with Crippen molar-refractivity contribution in [1.29, 1.82) is 0 Å². The van der Waals surface area contributed by atoms with Gasteiger partial charge in [-0.3, -0.25) is 4.79 Å². The van der Waals surface area contributed by atoms with E-state index in [0.29, 0.717) is 18.8 Å². The van der Waals surface area contributed by atoms with Crippen LogP contribution < -0.4 is 4.90 Å². The smallest absolute Gasteiger partial charge is 0.253 e. The van der Waals surface area contributed by atoms with Gasteiger partial charge >= 0.3 is 0 Å². The topological polar surface area (TPSA) is 75.4 Å². The van der Waals surface area contributed by atoms with Crippen molar-refractivity contribution in [3.63, 3.8) is 0 Å². The quantitative estimate of drug-likeness (QED) is 0.571. The summed E-state index contributed by atoms with van der Waals surface area (Å²) in [5.41, 5.74) is 4.38. The highest BCUT2D eigenvalue weighted by Gasteiger charge is 2.30. The van der Waals surface area contributed by atoms with Crippen LogP contribution in [0, 0.1) is 6.92 Å². The van der Waals surface area contributed by atoms with E-state index in [4.69, 9.17) is 9.51 Å². The lowest BCUT2D eigenvalue weighted by Gasteiger charge is -2.33. The molecule has 0 spiro atoms. The van der Waals surface area contributed by atoms with E-state index >= 15 is 0 Å². The van der Waals surface area contributed by atoms with E-state index in [1.165, 1.54) is 0 Å². The van der Waals surface area contributed by atoms with E-state index in [1.807, 2.05) is 67.3 Å². The van der Waals surface area contributed by atoms with Crippen molar-refractivity contribution in [2.24, 2.45) is 0 Å². The molecule has 7 heteroatoms. The number of nitrogens with zero attached hydrogens (tertiary/aromatic N) is 5. The van der Waals surface area contributed by atoms with E-state index < -0.39 is 0 Å². The van der Waals surface area contributed by atoms with Gasteiger partial charge in [0.1, 0.15) is 5.82 Å². The van der Waals surface area contributed by atoms with Gasteiger partial charge < -0.3 is 14.3 Å². The molecule has 3 heterocycles. The lowest BCUT2D eigenvalue weighted by molar-refractivity contribution is 0.0712. The summed E-state index contributed by atoms with van der Waals surface area (Å²) in [5.74, 6) is 1.83. The van der Waals surface area contributed by atoms with Gasteiger partial charge in [0.05, 0.1) is 17.0 Å². The van der Waals surface area contributed by atoms with E-state index in [9.17, 15) is 4.79 Å². The van der Waals surface area contributed by atoms with Crippen LogP contribution in [0.3, 0.4) is 0 Å². The maximum absolute atomic E-state index is 13.1. The molecule has 1 aliphatic heterocycles. The molecule has 0 atom stereocenters. The highest BCUT2D eigenvalue weighted by molar-refractivity contribution is 5.94. The zero-order chi connectivity index (χ0) is 23.8. The van der Waals surface area contributed by atoms with Crippen molar-refractivity contribution in [3.8, 4) is 11.3 Å². The number of hydrogen-bond acceptors (Lipinski definition) is 6. The van der Waals surface area contributed by atoms with Crippen molar-refractivity contribution in [2.45, 2.75) is 51.9 Å². The fourth-order valence-electron chi connectivity index (χ4n) is 4.19. The average molecular weight is 448 g/mol. The zero-order valence-electron chi connectivity index (χ0n) is 20.4. The first-order valence-corrected chi connectivity index (χ1v) is 11.5. The number of amides is 1. The summed E-state index contributed by atoms with van der Waals surface area (Å²) >= 11 is 0. The second-order valence-electron chi connectivity index (χ2n) is 10.1. The SMILES string of the molecule is Cc1cc(-c2cnc(C(C)(C)C)nc2C2CCN(C(=O)c3ccc(N(C)C)cc3)CC2)on1. The molecule has 1 amide bonds. The van der Waals surface area contributed by atoms with Gasteiger partial charge in [0.15, 0.2) is 5.76 Å². The summed E-state index contributed by atoms with van der Waals surface area (Å²) < 4.78 is 5.55. The number of likely N-dealkylation sites (tertiary alicyclic amines) is 1. The molecule has 0 unspecified atom stereocenters. The van der Waals surface area contributed by atoms with Gasteiger partial charge in [0.2, 0.25) is 0 Å². The molecule has 1 aromatic carbocycles. The summed E-state index contributed by atoms with van der Waals surface area (Å²) in [5, 5.41) is 4.05. The standard InChI is InChI=1S/C26H33N5O2/c1-17-15-22(33-29-17)21-16-27-25(26(2,3)4)28-23(21)18-11-13-31(14-12-18)24(32)19-7-9-20(10-8-19)30(5)6/h7-10,15-16,18H,11-14H2,1-6H3. The predicted octanol–water partition coefficient (Wildman–Crippen LogP) is 4.82. The van der Waals surface area contributed by atoms with Gasteiger partial charge in [-0.1, -0.05) is 25.9 Å². The van der Waals surface area contributed by atoms with Crippen LogP contribution in [0.5, 0.6) is 0 Å². The number of piperidine rings is 1. The summed E-state index contributed by atoms with van der Waals surface area (Å²) in [6.07, 6.45) is 3.57. The van der Waals surface area contributed by atoms with E-state index in [1.54, 1.807) is 0 Å². The van der Waals surface area contributed by atoms with Crippen molar-refractivity contribution in [1.82, 2.24) is 20.0 Å². The van der Waals surface area contributed by atoms with Crippen molar-refractivity contribution in [2.75, 3.05) is 32.1 Å². The minimum absolute atomic E-state index is 0.0860. The largest absolute Gasteiger partial charge is 0.378 e. The second-order valence-corrected chi connectivity index (χ2v) is 10.1. The van der Waals surface area contributed by atoms with E-state index in [0.717, 1.165) is 46.9 Å². The van der Waals surface area contributed by atoms with Crippen molar-refractivity contribution in [3.05, 3.63) is 59.3 Å². The minimum Gasteiger partial charge on any atom is -0.378 e. The monoisotopic (exact) mass is 447 g/mol. The molecule has 0 N–H and O–H groups in total. The normalized spacial score (nSPS) is 15.0. The molecule has 33 heavy (non-hydrogen) atoms. The van der Waals surface area contributed by atoms with Crippen LogP contribution in [-0.4, -0.2) is 53.1 Å². The number of hydrogen-bond donors (Lipinski definition) is 0. The van der Waals surface area contributed by atoms with Crippen LogP contribution in [0.4, 0.5) is 5.69 Å². The Morgan fingerprint density at radius 2 is 1.79 bits per heavy atom. The van der Waals surface area contributed by atoms with Crippen molar-refractivity contribution < 1.29 is 9.32 Å². The number of anilines is 1. The van der Waals surface area contributed by atoms with Crippen LogP contribution in [0.15, 0.2) is 41.1 Å². The zero-order valence-corrected chi connectivity index (χ0v) is 20.4. The van der Waals surface area contributed by atoms with E-state index in [-0.39, 0.29) is 17.2 Å². The average Bonchev–Trinajstić information content (AvgIpc) is 3.24. The first-order valence-electron chi connectivity index (χ1n) is 11.5. The molecule has 174 valence electrons. The Labute approximate surface area is 195 Å². The second kappa shape index (κ2) is 8.96. The molecule has 0 radical (unpaired) electrons. The van der Waals surface area contributed by atoms with E-state index in [2.05, 4.69) is 30.9 Å². The Bertz CT molecular complexity index is 1120. The fraction of sp³-hybridized carbons (Fsp3) is 0.462. The molecule has 2 aromatic heterocycles. The molecular weight excluding hydrogens is 414 g/mol. The number of carbonyl (C=O) groups is 1. The maximum Gasteiger partial charge on any atom is 0.253 e. The van der Waals surface area contributed by atoms with Crippen LogP contribution >= 0.6 is 0 Å². The van der Waals surface area contributed by atoms with Gasteiger partial charge in [-0.2, -0.15) is 0 Å². The third kappa shape index (κ3) is 4.92. The van der Waals surface area contributed by atoms with Gasteiger partial charge in [0, 0.05) is 62.0 Å². The molecule has 7 nitrogen and oxygen atoms in total. The highest BCUT2D eigenvalue weighted by atomic mass is 16.5. The van der Waals surface area contributed by atoms with Gasteiger partial charge in [0.25, 0.3) is 5.91 Å². The molecule has 0 aliphatic carbocycles. The maximum atomic E-state index is 13.1.